The Morgan fingerprint density at radius 3 is 2.00 bits per heavy atom. The summed E-state index contributed by atoms with van der Waals surface area (Å²) in [6.07, 6.45) is 0. The number of benzene rings is 3. The van der Waals surface area contributed by atoms with Gasteiger partial charge in [-0.3, -0.25) is 4.57 Å². The van der Waals surface area contributed by atoms with Crippen LogP contribution in [0.2, 0.25) is 0 Å². The third-order valence-corrected chi connectivity index (χ3v) is 7.76. The molecule has 3 heterocycles. The average Bonchev–Trinajstić information content (AvgIpc) is 3.23. The van der Waals surface area contributed by atoms with E-state index in [4.69, 9.17) is 9.97 Å². The molecule has 0 spiro atoms. The van der Waals surface area contributed by atoms with Crippen LogP contribution in [-0.2, 0) is 0 Å². The summed E-state index contributed by atoms with van der Waals surface area (Å²) in [5.41, 5.74) is 14.8. The van der Waals surface area contributed by atoms with Crippen molar-refractivity contribution in [2.45, 2.75) is 60.3 Å². The first-order valence-corrected chi connectivity index (χ1v) is 13.4. The first kappa shape index (κ1) is 23.7. The van der Waals surface area contributed by atoms with Crippen LogP contribution in [0.4, 0.5) is 0 Å². The molecule has 0 fully saturated rings. The minimum atomic E-state index is 0.132. The average molecular weight is 483 g/mol. The van der Waals surface area contributed by atoms with Crippen LogP contribution in [0.5, 0.6) is 0 Å². The summed E-state index contributed by atoms with van der Waals surface area (Å²) in [7, 11) is 0. The number of hydrogen-bond acceptors (Lipinski definition) is 2. The molecule has 0 unspecified atom stereocenters. The fraction of sp³-hybridized carbons (Fsp3) is 0.273. The topological polar surface area (TPSA) is 30.7 Å². The summed E-state index contributed by atoms with van der Waals surface area (Å²) >= 11 is 0. The molecule has 1 aliphatic heterocycles. The van der Waals surface area contributed by atoms with Gasteiger partial charge in [-0.15, -0.1) is 0 Å². The maximum Gasteiger partial charge on any atom is 0.247 e. The Morgan fingerprint density at radius 1 is 0.703 bits per heavy atom. The molecule has 37 heavy (non-hydrogen) atoms. The molecule has 0 N–H and O–H groups in total. The molecule has 6 rings (SSSR count). The Balaban J connectivity index is 1.76. The van der Waals surface area contributed by atoms with Crippen LogP contribution in [-0.4, -0.2) is 21.2 Å². The standard InChI is InChI=1S/C33H34BN3/c1-19(2)25-11-10-12-26(20(3)4)30(25)34-27-13-8-9-14-29(27)37-31-28(34)18-23(7)35-32(31)36-33(37)24-16-21(5)15-22(6)17-24/h8-20H,1-7H3. The van der Waals surface area contributed by atoms with Gasteiger partial charge in [-0.1, -0.05) is 86.7 Å². The lowest BCUT2D eigenvalue weighted by molar-refractivity contribution is 0.845. The maximum atomic E-state index is 5.19. The number of pyridine rings is 1. The number of fused-ring (bicyclic) bond motifs is 2. The number of para-hydroxylation sites is 1. The first-order valence-electron chi connectivity index (χ1n) is 13.4. The molecule has 1 aliphatic rings. The normalized spacial score (nSPS) is 12.6. The van der Waals surface area contributed by atoms with Gasteiger partial charge in [0.25, 0.3) is 0 Å². The smallest absolute Gasteiger partial charge is 0.247 e. The molecule has 5 aromatic rings. The van der Waals surface area contributed by atoms with E-state index in [1.165, 1.54) is 44.3 Å². The molecular formula is C33H34BN3. The molecule has 4 heteroatoms. The number of aromatic nitrogens is 3. The first-order chi connectivity index (χ1) is 17.7. The van der Waals surface area contributed by atoms with Crippen molar-refractivity contribution < 1.29 is 0 Å². The van der Waals surface area contributed by atoms with Crippen LogP contribution in [0, 0.1) is 20.8 Å². The largest absolute Gasteiger partial charge is 0.292 e. The molecule has 0 bridgehead atoms. The van der Waals surface area contributed by atoms with Gasteiger partial charge in [0.15, 0.2) is 5.65 Å². The summed E-state index contributed by atoms with van der Waals surface area (Å²) in [5.74, 6) is 1.82. The highest BCUT2D eigenvalue weighted by molar-refractivity contribution is 6.98. The van der Waals surface area contributed by atoms with Gasteiger partial charge in [-0.05, 0) is 78.9 Å². The molecule has 0 aliphatic carbocycles. The Kier molecular flexibility index (Phi) is 5.60. The van der Waals surface area contributed by atoms with Gasteiger partial charge in [-0.25, -0.2) is 9.97 Å². The Hall–Kier alpha value is -3.66. The molecule has 0 saturated carbocycles. The van der Waals surface area contributed by atoms with Crippen molar-refractivity contribution in [3.8, 4) is 17.1 Å². The van der Waals surface area contributed by atoms with Crippen molar-refractivity contribution in [3.05, 3.63) is 94.7 Å². The lowest BCUT2D eigenvalue weighted by Crippen LogP contribution is -2.58. The molecule has 184 valence electrons. The van der Waals surface area contributed by atoms with Crippen LogP contribution in [0.25, 0.3) is 28.2 Å². The van der Waals surface area contributed by atoms with E-state index in [1.807, 2.05) is 0 Å². The SMILES string of the molecule is Cc1cc(C)cc(-c2nc3nc(C)cc4c3n2-c2ccccc2B4c2c(C(C)C)cccc2C(C)C)c1. The number of imidazole rings is 1. The zero-order valence-electron chi connectivity index (χ0n) is 22.9. The zero-order chi connectivity index (χ0) is 26.0. The molecule has 0 radical (unpaired) electrons. The summed E-state index contributed by atoms with van der Waals surface area (Å²) in [5, 5.41) is 0. The van der Waals surface area contributed by atoms with Crippen molar-refractivity contribution in [1.82, 2.24) is 14.5 Å². The van der Waals surface area contributed by atoms with Crippen molar-refractivity contribution in [3.63, 3.8) is 0 Å². The predicted molar refractivity (Wildman–Crippen MR) is 158 cm³/mol. The number of hydrogen-bond donors (Lipinski definition) is 0. The Labute approximate surface area is 220 Å². The predicted octanol–water partition coefficient (Wildman–Crippen LogP) is 6.09. The molecule has 3 aromatic carbocycles. The second-order valence-electron chi connectivity index (χ2n) is 11.3. The van der Waals surface area contributed by atoms with Crippen LogP contribution in [0.15, 0.2) is 66.7 Å². The number of rotatable bonds is 4. The zero-order valence-corrected chi connectivity index (χ0v) is 22.9. The lowest BCUT2D eigenvalue weighted by atomic mass is 9.33. The summed E-state index contributed by atoms with van der Waals surface area (Å²) in [6, 6.07) is 24.8. The second kappa shape index (κ2) is 8.73. The molecule has 0 atom stereocenters. The lowest BCUT2D eigenvalue weighted by Gasteiger charge is -2.31. The van der Waals surface area contributed by atoms with Crippen LogP contribution in [0.1, 0.15) is 67.5 Å². The number of nitrogens with zero attached hydrogens (tertiary/aromatic N) is 3. The third-order valence-electron chi connectivity index (χ3n) is 7.76. The highest BCUT2D eigenvalue weighted by Crippen LogP contribution is 2.32. The van der Waals surface area contributed by atoms with Crippen LogP contribution < -0.4 is 16.4 Å². The van der Waals surface area contributed by atoms with E-state index in [1.54, 1.807) is 0 Å². The van der Waals surface area contributed by atoms with Crippen molar-refractivity contribution in [2.24, 2.45) is 0 Å². The van der Waals surface area contributed by atoms with Gasteiger partial charge in [0, 0.05) is 16.9 Å². The van der Waals surface area contributed by atoms with Gasteiger partial charge in [-0.2, -0.15) is 0 Å². The van der Waals surface area contributed by atoms with Crippen LogP contribution in [0.3, 0.4) is 0 Å². The van der Waals surface area contributed by atoms with Crippen molar-refractivity contribution >= 4 is 34.3 Å². The van der Waals surface area contributed by atoms with E-state index in [2.05, 4.69) is 120 Å². The maximum absolute atomic E-state index is 5.19. The highest BCUT2D eigenvalue weighted by atomic mass is 15.1. The Morgan fingerprint density at radius 2 is 1.35 bits per heavy atom. The summed E-state index contributed by atoms with van der Waals surface area (Å²) < 4.78 is 2.37. The van der Waals surface area contributed by atoms with E-state index in [-0.39, 0.29) is 6.71 Å². The van der Waals surface area contributed by atoms with Gasteiger partial charge in [0.1, 0.15) is 5.82 Å². The molecule has 3 nitrogen and oxygen atoms in total. The van der Waals surface area contributed by atoms with E-state index < -0.39 is 0 Å². The summed E-state index contributed by atoms with van der Waals surface area (Å²) in [6.45, 7) is 15.8. The van der Waals surface area contributed by atoms with Gasteiger partial charge in [0.2, 0.25) is 6.71 Å². The highest BCUT2D eigenvalue weighted by Gasteiger charge is 2.37. The minimum Gasteiger partial charge on any atom is -0.292 e. The molecular weight excluding hydrogens is 449 g/mol. The van der Waals surface area contributed by atoms with E-state index >= 15 is 0 Å². The minimum absolute atomic E-state index is 0.132. The molecule has 0 saturated heterocycles. The fourth-order valence-corrected chi connectivity index (χ4v) is 6.35. The second-order valence-corrected chi connectivity index (χ2v) is 11.3. The van der Waals surface area contributed by atoms with Crippen molar-refractivity contribution in [1.29, 1.82) is 0 Å². The monoisotopic (exact) mass is 483 g/mol. The Bertz CT molecular complexity index is 1630. The summed E-state index contributed by atoms with van der Waals surface area (Å²) in [4.78, 5) is 10.1. The van der Waals surface area contributed by atoms with Crippen molar-refractivity contribution in [2.75, 3.05) is 0 Å². The third kappa shape index (κ3) is 3.73. The fourth-order valence-electron chi connectivity index (χ4n) is 6.35. The van der Waals surface area contributed by atoms with Crippen LogP contribution >= 0.6 is 0 Å². The van der Waals surface area contributed by atoms with E-state index in [9.17, 15) is 0 Å². The van der Waals surface area contributed by atoms with E-state index in [0.29, 0.717) is 11.8 Å². The van der Waals surface area contributed by atoms with E-state index in [0.717, 1.165) is 28.2 Å². The molecule has 0 amide bonds. The van der Waals surface area contributed by atoms with Gasteiger partial charge in [0.05, 0.1) is 5.52 Å². The van der Waals surface area contributed by atoms with Gasteiger partial charge < -0.3 is 0 Å². The number of aryl methyl sites for hydroxylation is 3. The quantitative estimate of drug-likeness (QED) is 0.284. The van der Waals surface area contributed by atoms with Gasteiger partial charge >= 0.3 is 0 Å². The molecule has 2 aromatic heterocycles.